The van der Waals surface area contributed by atoms with Crippen LogP contribution in [0.2, 0.25) is 0 Å². The molecule has 3 aliphatic rings. The first-order valence-corrected chi connectivity index (χ1v) is 9.91. The van der Waals surface area contributed by atoms with Gasteiger partial charge in [-0.05, 0) is 47.9 Å². The summed E-state index contributed by atoms with van der Waals surface area (Å²) in [6.07, 6.45) is 4.54. The number of imide groups is 1. The van der Waals surface area contributed by atoms with E-state index in [1.807, 2.05) is 6.92 Å². The number of carbonyl (C=O) groups is 2. The minimum atomic E-state index is -1.59. The van der Waals surface area contributed by atoms with Crippen molar-refractivity contribution in [3.8, 4) is 0 Å². The summed E-state index contributed by atoms with van der Waals surface area (Å²) in [6.45, 7) is 2.19. The highest BCUT2D eigenvalue weighted by Gasteiger charge is 2.44. The molecule has 134 valence electrons. The number of carbonyl (C=O) groups excluding carboxylic acids is 2. The Bertz CT molecular complexity index is 776. The predicted molar refractivity (Wildman–Crippen MR) is 90.3 cm³/mol. The van der Waals surface area contributed by atoms with Gasteiger partial charge in [-0.15, -0.1) is 0 Å². The largest absolute Gasteiger partial charge is 0.295 e. The van der Waals surface area contributed by atoms with Crippen LogP contribution >= 0.6 is 0 Å². The smallest absolute Gasteiger partial charge is 0.245 e. The lowest BCUT2D eigenvalue weighted by Gasteiger charge is -2.33. The minimum Gasteiger partial charge on any atom is -0.295 e. The molecule has 1 N–H and O–H groups in total. The Kier molecular flexibility index (Phi) is 4.24. The molecule has 0 aromatic heterocycles. The lowest BCUT2D eigenvalue weighted by Crippen LogP contribution is -2.55. The number of fused-ring (bicyclic) bond motifs is 1. The number of amides is 2. The zero-order valence-electron chi connectivity index (χ0n) is 14.1. The Labute approximate surface area is 148 Å². The summed E-state index contributed by atoms with van der Waals surface area (Å²) in [7, 11) is -1.59. The lowest BCUT2D eigenvalue weighted by molar-refractivity contribution is -0.138. The number of rotatable bonds is 2. The normalized spacial score (nSPS) is 30.6. The molecule has 7 heteroatoms. The van der Waals surface area contributed by atoms with Crippen LogP contribution in [0.3, 0.4) is 0 Å². The van der Waals surface area contributed by atoms with Crippen LogP contribution < -0.4 is 5.32 Å². The molecule has 3 unspecified atom stereocenters. The van der Waals surface area contributed by atoms with E-state index in [4.69, 9.17) is 0 Å². The molecule has 5 nitrogen and oxygen atoms in total. The molecule has 0 spiro atoms. The van der Waals surface area contributed by atoms with Crippen LogP contribution in [-0.4, -0.2) is 26.4 Å². The van der Waals surface area contributed by atoms with Gasteiger partial charge in [-0.25, -0.2) is 12.9 Å². The van der Waals surface area contributed by atoms with E-state index in [0.717, 1.165) is 36.8 Å². The second-order valence-electron chi connectivity index (χ2n) is 7.32. The van der Waals surface area contributed by atoms with Gasteiger partial charge < -0.3 is 0 Å². The van der Waals surface area contributed by atoms with E-state index in [1.54, 1.807) is 10.4 Å². The molecule has 0 radical (unpaired) electrons. The number of benzene rings is 1. The van der Waals surface area contributed by atoms with E-state index in [0.29, 0.717) is 17.4 Å². The third-order valence-electron chi connectivity index (χ3n) is 5.61. The van der Waals surface area contributed by atoms with E-state index in [1.165, 1.54) is 6.07 Å². The monoisotopic (exact) mass is 364 g/mol. The van der Waals surface area contributed by atoms with Gasteiger partial charge >= 0.3 is 0 Å². The molecule has 4 rings (SSSR count). The molecular formula is C18H21FN2O3S. The number of hydrogen-bond donors (Lipinski definition) is 1. The maximum atomic E-state index is 14.1. The van der Waals surface area contributed by atoms with Crippen LogP contribution in [0.1, 0.15) is 56.1 Å². The molecule has 1 aromatic rings. The molecule has 1 saturated carbocycles. The molecule has 25 heavy (non-hydrogen) atoms. The summed E-state index contributed by atoms with van der Waals surface area (Å²) in [6, 6.07) is 2.27. The van der Waals surface area contributed by atoms with E-state index < -0.39 is 22.9 Å². The summed E-state index contributed by atoms with van der Waals surface area (Å²) in [4.78, 5) is 24.4. The summed E-state index contributed by atoms with van der Waals surface area (Å²) < 4.78 is 28.8. The molecule has 1 saturated heterocycles. The highest BCUT2D eigenvalue weighted by molar-refractivity contribution is 7.83. The van der Waals surface area contributed by atoms with Crippen LogP contribution in [-0.2, 0) is 27.1 Å². The Morgan fingerprint density at radius 3 is 2.64 bits per heavy atom. The Morgan fingerprint density at radius 2 is 1.96 bits per heavy atom. The van der Waals surface area contributed by atoms with Gasteiger partial charge in [-0.1, -0.05) is 19.8 Å². The molecule has 2 aliphatic heterocycles. The van der Waals surface area contributed by atoms with Crippen LogP contribution in [0.15, 0.2) is 17.0 Å². The third kappa shape index (κ3) is 2.83. The number of nitrogens with zero attached hydrogens (tertiary/aromatic N) is 1. The van der Waals surface area contributed by atoms with Gasteiger partial charge in [0.2, 0.25) is 11.8 Å². The first-order valence-electron chi connectivity index (χ1n) is 8.80. The van der Waals surface area contributed by atoms with Crippen LogP contribution in [0, 0.1) is 11.7 Å². The molecule has 2 heterocycles. The summed E-state index contributed by atoms with van der Waals surface area (Å²) in [5, 5.41) is 2.34. The van der Waals surface area contributed by atoms with Crippen LogP contribution in [0.25, 0.3) is 0 Å². The Hall–Kier alpha value is -1.60. The fourth-order valence-electron chi connectivity index (χ4n) is 4.44. The molecular weight excluding hydrogens is 343 g/mol. The van der Waals surface area contributed by atoms with Gasteiger partial charge in [-0.3, -0.25) is 14.9 Å². The Morgan fingerprint density at radius 1 is 1.24 bits per heavy atom. The second kappa shape index (κ2) is 6.29. The van der Waals surface area contributed by atoms with Gasteiger partial charge in [-0.2, -0.15) is 0 Å². The van der Waals surface area contributed by atoms with Crippen LogP contribution in [0.4, 0.5) is 4.39 Å². The van der Waals surface area contributed by atoms with Crippen molar-refractivity contribution in [2.45, 2.75) is 62.4 Å². The van der Waals surface area contributed by atoms with Gasteiger partial charge in [0, 0.05) is 13.0 Å². The van der Waals surface area contributed by atoms with Crippen molar-refractivity contribution in [3.05, 3.63) is 29.1 Å². The molecule has 1 aromatic carbocycles. The van der Waals surface area contributed by atoms with Crippen molar-refractivity contribution in [1.82, 2.24) is 9.62 Å². The predicted octanol–water partition coefficient (Wildman–Crippen LogP) is 2.37. The SMILES string of the molecule is CC1CC(=O)NC(=O)C1N1Cc2c(C3CCCC3)cc(F)cc2S1=O. The van der Waals surface area contributed by atoms with Crippen molar-refractivity contribution in [2.24, 2.45) is 5.92 Å². The fraction of sp³-hybridized carbons (Fsp3) is 0.556. The van der Waals surface area contributed by atoms with E-state index in [9.17, 15) is 18.2 Å². The number of halogens is 1. The van der Waals surface area contributed by atoms with Crippen molar-refractivity contribution in [3.63, 3.8) is 0 Å². The number of piperidine rings is 1. The number of nitrogens with one attached hydrogen (secondary N) is 1. The molecule has 3 atom stereocenters. The van der Waals surface area contributed by atoms with Gasteiger partial charge in [0.1, 0.15) is 22.8 Å². The van der Waals surface area contributed by atoms with E-state index >= 15 is 0 Å². The fourth-order valence-corrected chi connectivity index (χ4v) is 6.06. The average Bonchev–Trinajstić information content (AvgIpc) is 3.16. The van der Waals surface area contributed by atoms with E-state index in [-0.39, 0.29) is 24.1 Å². The zero-order valence-corrected chi connectivity index (χ0v) is 14.9. The van der Waals surface area contributed by atoms with Crippen LogP contribution in [0.5, 0.6) is 0 Å². The van der Waals surface area contributed by atoms with Gasteiger partial charge in [0.15, 0.2) is 0 Å². The van der Waals surface area contributed by atoms with Gasteiger partial charge in [0.25, 0.3) is 0 Å². The maximum absolute atomic E-state index is 14.1. The first kappa shape index (κ1) is 16.8. The topological polar surface area (TPSA) is 66.5 Å². The summed E-state index contributed by atoms with van der Waals surface area (Å²) in [5.74, 6) is -0.992. The zero-order chi connectivity index (χ0) is 17.7. The highest BCUT2D eigenvalue weighted by atomic mass is 32.2. The minimum absolute atomic E-state index is 0.223. The molecule has 0 bridgehead atoms. The highest BCUT2D eigenvalue weighted by Crippen LogP contribution is 2.42. The number of hydrogen-bond acceptors (Lipinski definition) is 3. The second-order valence-corrected chi connectivity index (χ2v) is 8.72. The summed E-state index contributed by atoms with van der Waals surface area (Å²) in [5.41, 5.74) is 1.85. The third-order valence-corrected chi connectivity index (χ3v) is 7.13. The lowest BCUT2D eigenvalue weighted by atomic mass is 9.91. The molecule has 2 amide bonds. The van der Waals surface area contributed by atoms with Crippen molar-refractivity contribution in [2.75, 3.05) is 0 Å². The molecule has 2 fully saturated rings. The standard InChI is InChI=1S/C18H21FN2O3S/c1-10-6-16(22)20-18(23)17(10)21-9-14-13(11-4-2-3-5-11)7-12(19)8-15(14)25(21)24/h7-8,10-11,17H,2-6,9H2,1H3,(H,20,22,23). The van der Waals surface area contributed by atoms with Crippen molar-refractivity contribution >= 4 is 22.8 Å². The van der Waals surface area contributed by atoms with E-state index in [2.05, 4.69) is 5.32 Å². The maximum Gasteiger partial charge on any atom is 0.245 e. The van der Waals surface area contributed by atoms with Crippen molar-refractivity contribution in [1.29, 1.82) is 0 Å². The van der Waals surface area contributed by atoms with Crippen molar-refractivity contribution < 1.29 is 18.2 Å². The quantitative estimate of drug-likeness (QED) is 0.820. The Balaban J connectivity index is 1.70. The van der Waals surface area contributed by atoms with Gasteiger partial charge in [0.05, 0.1) is 4.90 Å². The average molecular weight is 364 g/mol. The summed E-state index contributed by atoms with van der Waals surface area (Å²) >= 11 is 0. The molecule has 1 aliphatic carbocycles. The first-order chi connectivity index (χ1) is 12.0.